The Morgan fingerprint density at radius 2 is 1.46 bits per heavy atom. The molecule has 258 valence electrons. The number of benzene rings is 3. The Kier molecular flexibility index (Phi) is 10.1. The van der Waals surface area contributed by atoms with Crippen LogP contribution in [0.15, 0.2) is 84.9 Å². The van der Waals surface area contributed by atoms with Crippen molar-refractivity contribution in [3.05, 3.63) is 119 Å². The third-order valence-electron chi connectivity index (χ3n) is 9.10. The first-order valence-electron chi connectivity index (χ1n) is 17.2. The van der Waals surface area contributed by atoms with Gasteiger partial charge >= 0.3 is 6.03 Å². The predicted molar refractivity (Wildman–Crippen MR) is 200 cm³/mol. The Labute approximate surface area is 294 Å². The van der Waals surface area contributed by atoms with E-state index in [0.717, 1.165) is 59.8 Å². The number of carbonyl (C=O) groups is 2. The third kappa shape index (κ3) is 7.92. The summed E-state index contributed by atoms with van der Waals surface area (Å²) in [6.45, 7) is 13.8. The third-order valence-corrected chi connectivity index (χ3v) is 9.10. The zero-order valence-electron chi connectivity index (χ0n) is 29.7. The molecule has 1 unspecified atom stereocenters. The second kappa shape index (κ2) is 14.6. The van der Waals surface area contributed by atoms with Gasteiger partial charge in [0.15, 0.2) is 5.78 Å². The summed E-state index contributed by atoms with van der Waals surface area (Å²) in [4.78, 5) is 37.7. The molecule has 1 atom stereocenters. The Balaban J connectivity index is 1.33. The van der Waals surface area contributed by atoms with Crippen LogP contribution < -0.4 is 21.3 Å². The van der Waals surface area contributed by atoms with Crippen molar-refractivity contribution >= 4 is 35.0 Å². The van der Waals surface area contributed by atoms with Crippen molar-refractivity contribution < 1.29 is 9.59 Å². The summed E-state index contributed by atoms with van der Waals surface area (Å²) in [5.41, 5.74) is 6.84. The average molecular weight is 671 g/mol. The van der Waals surface area contributed by atoms with E-state index < -0.39 is 11.9 Å². The van der Waals surface area contributed by atoms with Gasteiger partial charge in [0.2, 0.25) is 5.95 Å². The molecule has 1 aliphatic rings. The molecule has 6 rings (SSSR count). The Bertz CT molecular complexity index is 1970. The molecule has 10 heteroatoms. The standard InChI is InChI=1S/C40H46N8O2/c1-25-15-17-29(18-16-25)48-35(24-34(47-48)40(4,5)6)46-39(50)45-32-13-9-7-11-30(32)36(28-19-21-41-22-20-28)37(49)31-12-8-10-14-33(31)44-38-42-26(2)23-27(3)43-38/h7-18,23-24,28,36,41H,19-22H2,1-6H3,(H,42,43,44)(H2,45,46,50). The number of ketones is 1. The lowest BCUT2D eigenvalue weighted by atomic mass is 9.75. The van der Waals surface area contributed by atoms with Crippen molar-refractivity contribution in [2.24, 2.45) is 5.92 Å². The number of piperidine rings is 1. The van der Waals surface area contributed by atoms with Gasteiger partial charge in [-0.05, 0) is 94.6 Å². The van der Waals surface area contributed by atoms with Crippen molar-refractivity contribution in [2.75, 3.05) is 29.0 Å². The number of nitrogens with zero attached hydrogens (tertiary/aromatic N) is 4. The number of nitrogens with one attached hydrogen (secondary N) is 4. The Morgan fingerprint density at radius 1 is 0.820 bits per heavy atom. The van der Waals surface area contributed by atoms with Gasteiger partial charge in [0.25, 0.3) is 0 Å². The molecular weight excluding hydrogens is 624 g/mol. The molecule has 1 aliphatic heterocycles. The molecular formula is C40H46N8O2. The fourth-order valence-electron chi connectivity index (χ4n) is 6.54. The molecule has 2 amide bonds. The van der Waals surface area contributed by atoms with Crippen LogP contribution in [0.1, 0.15) is 78.1 Å². The molecule has 0 saturated carbocycles. The van der Waals surface area contributed by atoms with E-state index in [1.807, 2.05) is 106 Å². The van der Waals surface area contributed by atoms with Crippen LogP contribution in [0.3, 0.4) is 0 Å². The summed E-state index contributed by atoms with van der Waals surface area (Å²) in [7, 11) is 0. The van der Waals surface area contributed by atoms with Crippen LogP contribution in [0, 0.1) is 26.7 Å². The van der Waals surface area contributed by atoms with Gasteiger partial charge < -0.3 is 16.0 Å². The summed E-state index contributed by atoms with van der Waals surface area (Å²) in [5.74, 6) is 0.541. The van der Waals surface area contributed by atoms with Crippen LogP contribution in [0.4, 0.5) is 27.9 Å². The van der Waals surface area contributed by atoms with E-state index in [4.69, 9.17) is 5.10 Å². The molecule has 10 nitrogen and oxygen atoms in total. The lowest BCUT2D eigenvalue weighted by Gasteiger charge is -2.32. The second-order valence-electron chi connectivity index (χ2n) is 14.2. The predicted octanol–water partition coefficient (Wildman–Crippen LogP) is 8.24. The highest BCUT2D eigenvalue weighted by atomic mass is 16.2. The zero-order valence-corrected chi connectivity index (χ0v) is 29.7. The van der Waals surface area contributed by atoms with Crippen LogP contribution >= 0.6 is 0 Å². The molecule has 0 radical (unpaired) electrons. The molecule has 3 heterocycles. The van der Waals surface area contributed by atoms with Crippen molar-refractivity contribution in [3.8, 4) is 5.69 Å². The number of amides is 2. The van der Waals surface area contributed by atoms with Gasteiger partial charge in [-0.2, -0.15) is 5.10 Å². The average Bonchev–Trinajstić information content (AvgIpc) is 3.50. The van der Waals surface area contributed by atoms with Gasteiger partial charge in [0.05, 0.1) is 23.0 Å². The summed E-state index contributed by atoms with van der Waals surface area (Å²) in [6, 6.07) is 26.6. The fraction of sp³-hybridized carbons (Fsp3) is 0.325. The number of aryl methyl sites for hydroxylation is 3. The van der Waals surface area contributed by atoms with Crippen molar-refractivity contribution in [1.29, 1.82) is 0 Å². The number of anilines is 4. The van der Waals surface area contributed by atoms with Crippen LogP contribution in [0.5, 0.6) is 0 Å². The van der Waals surface area contributed by atoms with Gasteiger partial charge in [0.1, 0.15) is 5.82 Å². The summed E-state index contributed by atoms with van der Waals surface area (Å²) < 4.78 is 1.76. The van der Waals surface area contributed by atoms with Gasteiger partial charge in [-0.15, -0.1) is 0 Å². The van der Waals surface area contributed by atoms with E-state index in [-0.39, 0.29) is 17.1 Å². The number of hydrogen-bond acceptors (Lipinski definition) is 7. The maximum atomic E-state index is 14.8. The number of para-hydroxylation sites is 2. The number of hydrogen-bond donors (Lipinski definition) is 4. The van der Waals surface area contributed by atoms with E-state index in [1.54, 1.807) is 4.68 Å². The van der Waals surface area contributed by atoms with E-state index in [0.29, 0.717) is 28.7 Å². The maximum Gasteiger partial charge on any atom is 0.324 e. The molecule has 1 fully saturated rings. The van der Waals surface area contributed by atoms with E-state index in [9.17, 15) is 9.59 Å². The minimum atomic E-state index is -0.498. The van der Waals surface area contributed by atoms with E-state index in [2.05, 4.69) is 52.0 Å². The number of aromatic nitrogens is 4. The van der Waals surface area contributed by atoms with Gasteiger partial charge in [-0.25, -0.2) is 19.4 Å². The lowest BCUT2D eigenvalue weighted by molar-refractivity contribution is 0.0917. The molecule has 4 N–H and O–H groups in total. The Hall–Kier alpha value is -5.35. The van der Waals surface area contributed by atoms with Crippen molar-refractivity contribution in [1.82, 2.24) is 25.1 Å². The minimum absolute atomic E-state index is 0.0219. The summed E-state index contributed by atoms with van der Waals surface area (Å²) in [5, 5.41) is 17.7. The molecule has 50 heavy (non-hydrogen) atoms. The van der Waals surface area contributed by atoms with Gasteiger partial charge in [0, 0.05) is 34.1 Å². The van der Waals surface area contributed by atoms with Crippen LogP contribution in [-0.2, 0) is 5.41 Å². The first-order chi connectivity index (χ1) is 24.0. The quantitative estimate of drug-likeness (QED) is 0.116. The molecule has 0 bridgehead atoms. The molecule has 3 aromatic carbocycles. The number of rotatable bonds is 9. The van der Waals surface area contributed by atoms with Crippen LogP contribution in [0.2, 0.25) is 0 Å². The largest absolute Gasteiger partial charge is 0.324 e. The first kappa shape index (κ1) is 34.5. The van der Waals surface area contributed by atoms with Crippen LogP contribution in [0.25, 0.3) is 5.69 Å². The highest BCUT2D eigenvalue weighted by Gasteiger charge is 2.34. The van der Waals surface area contributed by atoms with Crippen LogP contribution in [-0.4, -0.2) is 44.7 Å². The van der Waals surface area contributed by atoms with Gasteiger partial charge in [-0.1, -0.05) is 68.8 Å². The molecule has 5 aromatic rings. The van der Waals surface area contributed by atoms with Crippen molar-refractivity contribution in [3.63, 3.8) is 0 Å². The van der Waals surface area contributed by atoms with E-state index >= 15 is 0 Å². The summed E-state index contributed by atoms with van der Waals surface area (Å²) >= 11 is 0. The first-order valence-corrected chi connectivity index (χ1v) is 17.2. The second-order valence-corrected chi connectivity index (χ2v) is 14.2. The zero-order chi connectivity index (χ0) is 35.4. The minimum Gasteiger partial charge on any atom is -0.323 e. The molecule has 2 aromatic heterocycles. The SMILES string of the molecule is Cc1ccc(-n2nc(C(C)(C)C)cc2NC(=O)Nc2ccccc2C(C(=O)c2ccccc2Nc2nc(C)cc(C)n2)C2CCNCC2)cc1. The highest BCUT2D eigenvalue weighted by molar-refractivity contribution is 6.07. The topological polar surface area (TPSA) is 126 Å². The smallest absolute Gasteiger partial charge is 0.323 e. The molecule has 0 spiro atoms. The number of Topliss-reactive ketones (excluding diaryl/α,β-unsaturated/α-hetero) is 1. The number of urea groups is 1. The fourth-order valence-corrected chi connectivity index (χ4v) is 6.54. The summed E-state index contributed by atoms with van der Waals surface area (Å²) in [6.07, 6.45) is 1.66. The molecule has 1 saturated heterocycles. The molecule has 0 aliphatic carbocycles. The number of carbonyl (C=O) groups excluding carboxylic acids is 2. The van der Waals surface area contributed by atoms with Crippen molar-refractivity contribution in [2.45, 2.75) is 65.7 Å². The lowest BCUT2D eigenvalue weighted by Crippen LogP contribution is -2.34. The maximum absolute atomic E-state index is 14.8. The Morgan fingerprint density at radius 3 is 2.14 bits per heavy atom. The van der Waals surface area contributed by atoms with Gasteiger partial charge in [-0.3, -0.25) is 10.1 Å². The monoisotopic (exact) mass is 670 g/mol. The highest BCUT2D eigenvalue weighted by Crippen LogP contribution is 2.39. The normalized spacial score (nSPS) is 14.2. The van der Waals surface area contributed by atoms with E-state index in [1.165, 1.54) is 0 Å².